The summed E-state index contributed by atoms with van der Waals surface area (Å²) in [7, 11) is -1.21. The van der Waals surface area contributed by atoms with Crippen molar-refractivity contribution in [3.05, 3.63) is 60.2 Å². The van der Waals surface area contributed by atoms with Crippen LogP contribution in [0.25, 0.3) is 0 Å². The second-order valence-electron chi connectivity index (χ2n) is 5.54. The Kier molecular flexibility index (Phi) is 6.51. The third-order valence-corrected chi connectivity index (χ3v) is 5.57. The molecule has 2 aromatic rings. The van der Waals surface area contributed by atoms with Crippen LogP contribution in [0.1, 0.15) is 38.2 Å². The Balaban J connectivity index is 2.26. The van der Waals surface area contributed by atoms with Crippen LogP contribution in [0.3, 0.4) is 0 Å². The number of carboxylic acid groups (broad SMARTS) is 1. The van der Waals surface area contributed by atoms with E-state index in [1.807, 2.05) is 61.5 Å². The minimum Gasteiger partial charge on any atom is -0.481 e. The lowest BCUT2D eigenvalue weighted by atomic mass is 9.98. The van der Waals surface area contributed by atoms with Gasteiger partial charge in [0.1, 0.15) is 0 Å². The van der Waals surface area contributed by atoms with Crippen molar-refractivity contribution in [1.29, 1.82) is 0 Å². The van der Waals surface area contributed by atoms with Crippen LogP contribution >= 0.6 is 8.15 Å². The van der Waals surface area contributed by atoms with Gasteiger partial charge in [0.25, 0.3) is 0 Å². The van der Waals surface area contributed by atoms with Crippen molar-refractivity contribution < 1.29 is 19.2 Å². The van der Waals surface area contributed by atoms with E-state index in [1.54, 1.807) is 6.92 Å². The standard InChI is InChI=1S/C19H21O4P/c1-3-19(22)23-24(16-7-5-4-6-8-16)17-11-9-15(10-12-17)14(2)13-18(20)21/h4-12,14H,3,13H2,1-2H3,(H,20,21). The Hall–Kier alpha value is -2.19. The minimum atomic E-state index is -1.21. The molecule has 0 spiro atoms. The first kappa shape index (κ1) is 18.2. The molecule has 1 N–H and O–H groups in total. The second-order valence-corrected chi connectivity index (χ2v) is 7.34. The van der Waals surface area contributed by atoms with Crippen LogP contribution in [-0.2, 0) is 14.1 Å². The first-order valence-electron chi connectivity index (χ1n) is 7.89. The van der Waals surface area contributed by atoms with E-state index < -0.39 is 14.1 Å². The molecule has 0 aromatic heterocycles. The van der Waals surface area contributed by atoms with Gasteiger partial charge in [0.2, 0.25) is 0 Å². The zero-order chi connectivity index (χ0) is 17.5. The minimum absolute atomic E-state index is 0.0577. The van der Waals surface area contributed by atoms with Crippen LogP contribution in [0.4, 0.5) is 0 Å². The number of rotatable bonds is 7. The van der Waals surface area contributed by atoms with E-state index in [-0.39, 0.29) is 18.3 Å². The Morgan fingerprint density at radius 2 is 1.62 bits per heavy atom. The lowest BCUT2D eigenvalue weighted by molar-refractivity contribution is -0.137. The SMILES string of the molecule is CCC(=O)OP(c1ccccc1)c1ccc(C(C)CC(=O)O)cc1. The summed E-state index contributed by atoms with van der Waals surface area (Å²) in [4.78, 5) is 22.6. The highest BCUT2D eigenvalue weighted by molar-refractivity contribution is 7.69. The maximum Gasteiger partial charge on any atom is 0.308 e. The van der Waals surface area contributed by atoms with Crippen molar-refractivity contribution in [2.75, 3.05) is 0 Å². The van der Waals surface area contributed by atoms with Crippen LogP contribution < -0.4 is 10.6 Å². The summed E-state index contributed by atoms with van der Waals surface area (Å²) in [5, 5.41) is 10.8. The van der Waals surface area contributed by atoms with E-state index in [0.717, 1.165) is 16.2 Å². The lowest BCUT2D eigenvalue weighted by Gasteiger charge is -2.18. The molecule has 4 nitrogen and oxygen atoms in total. The van der Waals surface area contributed by atoms with Crippen molar-refractivity contribution in [1.82, 2.24) is 0 Å². The molecule has 0 heterocycles. The molecule has 24 heavy (non-hydrogen) atoms. The first-order chi connectivity index (χ1) is 11.5. The molecule has 0 bridgehead atoms. The molecule has 0 fully saturated rings. The van der Waals surface area contributed by atoms with Gasteiger partial charge >= 0.3 is 11.9 Å². The number of aliphatic carboxylic acids is 1. The van der Waals surface area contributed by atoms with Crippen LogP contribution in [0, 0.1) is 0 Å². The van der Waals surface area contributed by atoms with Crippen LogP contribution in [0.5, 0.6) is 0 Å². The quantitative estimate of drug-likeness (QED) is 0.780. The van der Waals surface area contributed by atoms with E-state index in [9.17, 15) is 9.59 Å². The maximum atomic E-state index is 11.8. The summed E-state index contributed by atoms with van der Waals surface area (Å²) in [5.41, 5.74) is 0.964. The number of hydrogen-bond acceptors (Lipinski definition) is 3. The van der Waals surface area contributed by atoms with Gasteiger partial charge in [0.15, 0.2) is 8.15 Å². The highest BCUT2D eigenvalue weighted by Crippen LogP contribution is 2.35. The number of benzene rings is 2. The first-order valence-corrected chi connectivity index (χ1v) is 9.15. The molecule has 5 heteroatoms. The molecular formula is C19H21O4P. The van der Waals surface area contributed by atoms with Gasteiger partial charge in [-0.25, -0.2) is 0 Å². The molecule has 0 aliphatic rings. The third kappa shape index (κ3) is 4.90. The monoisotopic (exact) mass is 344 g/mol. The Morgan fingerprint density at radius 3 is 2.17 bits per heavy atom. The van der Waals surface area contributed by atoms with E-state index in [1.165, 1.54) is 0 Å². The molecule has 0 saturated heterocycles. The molecule has 2 rings (SSSR count). The smallest absolute Gasteiger partial charge is 0.308 e. The maximum absolute atomic E-state index is 11.8. The summed E-state index contributed by atoms with van der Waals surface area (Å²) < 4.78 is 5.67. The van der Waals surface area contributed by atoms with Crippen molar-refractivity contribution in [3.8, 4) is 0 Å². The topological polar surface area (TPSA) is 63.6 Å². The van der Waals surface area contributed by atoms with Gasteiger partial charge in [-0.2, -0.15) is 0 Å². The van der Waals surface area contributed by atoms with Crippen molar-refractivity contribution >= 4 is 30.7 Å². The fourth-order valence-electron chi connectivity index (χ4n) is 2.30. The molecule has 2 atom stereocenters. The van der Waals surface area contributed by atoms with Crippen molar-refractivity contribution in [2.45, 2.75) is 32.6 Å². The van der Waals surface area contributed by atoms with Crippen LogP contribution in [-0.4, -0.2) is 17.0 Å². The largest absolute Gasteiger partial charge is 0.481 e. The zero-order valence-corrected chi connectivity index (χ0v) is 14.7. The average molecular weight is 344 g/mol. The van der Waals surface area contributed by atoms with Crippen molar-refractivity contribution in [2.24, 2.45) is 0 Å². The molecule has 0 aliphatic heterocycles. The fourth-order valence-corrected chi connectivity index (χ4v) is 4.01. The molecule has 0 aliphatic carbocycles. The van der Waals surface area contributed by atoms with Gasteiger partial charge in [-0.05, 0) is 11.5 Å². The highest BCUT2D eigenvalue weighted by Gasteiger charge is 2.19. The zero-order valence-electron chi connectivity index (χ0n) is 13.8. The number of carbonyl (C=O) groups excluding carboxylic acids is 1. The normalized spacial score (nSPS) is 13.1. The average Bonchev–Trinajstić information content (AvgIpc) is 2.59. The molecule has 126 valence electrons. The molecule has 0 radical (unpaired) electrons. The highest BCUT2D eigenvalue weighted by atomic mass is 31.1. The van der Waals surface area contributed by atoms with Gasteiger partial charge in [-0.1, -0.05) is 68.4 Å². The molecule has 2 unspecified atom stereocenters. The van der Waals surface area contributed by atoms with Crippen LogP contribution in [0.2, 0.25) is 0 Å². The summed E-state index contributed by atoms with van der Waals surface area (Å²) >= 11 is 0. The Morgan fingerprint density at radius 1 is 1.04 bits per heavy atom. The summed E-state index contributed by atoms with van der Waals surface area (Å²) in [5.74, 6) is -1.10. The Bertz CT molecular complexity index is 682. The fraction of sp³-hybridized carbons (Fsp3) is 0.263. The Labute approximate surface area is 143 Å². The molecule has 0 amide bonds. The predicted octanol–water partition coefficient (Wildman–Crippen LogP) is 3.57. The molecule has 0 saturated carbocycles. The van der Waals surface area contributed by atoms with Crippen LogP contribution in [0.15, 0.2) is 54.6 Å². The summed E-state index contributed by atoms with van der Waals surface area (Å²) in [6.07, 6.45) is 0.428. The number of carboxylic acids is 1. The third-order valence-electron chi connectivity index (χ3n) is 3.65. The summed E-state index contributed by atoms with van der Waals surface area (Å²) in [6, 6.07) is 17.4. The van der Waals surface area contributed by atoms with Gasteiger partial charge < -0.3 is 9.63 Å². The number of hydrogen-bond donors (Lipinski definition) is 1. The molecule has 2 aromatic carbocycles. The molecular weight excluding hydrogens is 323 g/mol. The van der Waals surface area contributed by atoms with Gasteiger partial charge in [-0.15, -0.1) is 0 Å². The summed E-state index contributed by atoms with van der Waals surface area (Å²) in [6.45, 7) is 3.66. The number of carbonyl (C=O) groups is 2. The van der Waals surface area contributed by atoms with E-state index in [4.69, 9.17) is 9.63 Å². The van der Waals surface area contributed by atoms with E-state index >= 15 is 0 Å². The predicted molar refractivity (Wildman–Crippen MR) is 96.1 cm³/mol. The second kappa shape index (κ2) is 8.60. The van der Waals surface area contributed by atoms with E-state index in [0.29, 0.717) is 6.42 Å². The van der Waals surface area contributed by atoms with Gasteiger partial charge in [-0.3, -0.25) is 9.59 Å². The van der Waals surface area contributed by atoms with Gasteiger partial charge in [0, 0.05) is 17.0 Å². The van der Waals surface area contributed by atoms with Gasteiger partial charge in [0.05, 0.1) is 6.42 Å². The lowest BCUT2D eigenvalue weighted by Crippen LogP contribution is -2.16. The van der Waals surface area contributed by atoms with E-state index in [2.05, 4.69) is 0 Å². The van der Waals surface area contributed by atoms with Crippen molar-refractivity contribution in [3.63, 3.8) is 0 Å².